The third kappa shape index (κ3) is 2.25. The molecule has 0 aromatic rings. The first-order valence-electron chi connectivity index (χ1n) is 4.13. The molecule has 0 spiro atoms. The molecule has 13 heavy (non-hydrogen) atoms. The van der Waals surface area contributed by atoms with Crippen LogP contribution < -0.4 is 5.32 Å². The van der Waals surface area contributed by atoms with Crippen LogP contribution in [0.15, 0.2) is 16.1 Å². The minimum absolute atomic E-state index is 0. The van der Waals surface area contributed by atoms with Gasteiger partial charge in [-0.05, 0) is 11.1 Å². The highest BCUT2D eigenvalue weighted by atomic mass is 35.5. The van der Waals surface area contributed by atoms with Crippen molar-refractivity contribution in [3.05, 3.63) is 11.1 Å². The topological polar surface area (TPSA) is 24.4 Å². The molecule has 2 heterocycles. The van der Waals surface area contributed by atoms with Crippen LogP contribution >= 0.6 is 24.8 Å². The number of aliphatic imine (C=N–C) groups is 1. The predicted octanol–water partition coefficient (Wildman–Crippen LogP) is 1.84. The molecule has 0 unspecified atom stereocenters. The van der Waals surface area contributed by atoms with Crippen molar-refractivity contribution in [3.63, 3.8) is 0 Å². The molecule has 0 saturated heterocycles. The zero-order chi connectivity index (χ0) is 7.90. The SMILES string of the molecule is CC1(C)CNCC2=C1CN=C2.Cl.Cl. The summed E-state index contributed by atoms with van der Waals surface area (Å²) in [6.45, 7) is 7.60. The lowest BCUT2D eigenvalue weighted by atomic mass is 9.80. The maximum Gasteiger partial charge on any atom is 0.0612 e. The summed E-state index contributed by atoms with van der Waals surface area (Å²) in [5, 5.41) is 3.40. The fraction of sp³-hybridized carbons (Fsp3) is 0.667. The van der Waals surface area contributed by atoms with Crippen LogP contribution in [0.1, 0.15) is 13.8 Å². The lowest BCUT2D eigenvalue weighted by Crippen LogP contribution is -2.38. The molecule has 76 valence electrons. The van der Waals surface area contributed by atoms with Crippen molar-refractivity contribution in [2.75, 3.05) is 19.6 Å². The Morgan fingerprint density at radius 1 is 1.38 bits per heavy atom. The number of nitrogens with one attached hydrogen (secondary N) is 1. The van der Waals surface area contributed by atoms with Crippen molar-refractivity contribution in [2.45, 2.75) is 13.8 Å². The van der Waals surface area contributed by atoms with E-state index in [2.05, 4.69) is 24.2 Å². The summed E-state index contributed by atoms with van der Waals surface area (Å²) in [5.74, 6) is 0. The first-order chi connectivity index (χ1) is 5.20. The zero-order valence-electron chi connectivity index (χ0n) is 7.96. The van der Waals surface area contributed by atoms with E-state index < -0.39 is 0 Å². The molecular weight excluding hydrogens is 207 g/mol. The van der Waals surface area contributed by atoms with Gasteiger partial charge >= 0.3 is 0 Å². The Kier molecular flexibility index (Phi) is 4.43. The van der Waals surface area contributed by atoms with Crippen molar-refractivity contribution in [3.8, 4) is 0 Å². The van der Waals surface area contributed by atoms with Crippen molar-refractivity contribution in [1.29, 1.82) is 0 Å². The van der Waals surface area contributed by atoms with E-state index in [4.69, 9.17) is 0 Å². The lowest BCUT2D eigenvalue weighted by molar-refractivity contribution is 0.391. The van der Waals surface area contributed by atoms with Crippen LogP contribution in [0.25, 0.3) is 0 Å². The molecule has 0 atom stereocenters. The summed E-state index contributed by atoms with van der Waals surface area (Å²) in [6.07, 6.45) is 2.02. The summed E-state index contributed by atoms with van der Waals surface area (Å²) in [7, 11) is 0. The van der Waals surface area contributed by atoms with E-state index in [0.717, 1.165) is 19.6 Å². The Balaban J connectivity index is 0.000000720. The van der Waals surface area contributed by atoms with Crippen molar-refractivity contribution in [2.24, 2.45) is 10.4 Å². The third-order valence-electron chi connectivity index (χ3n) is 2.58. The largest absolute Gasteiger partial charge is 0.312 e. The molecular formula is C9H16Cl2N2. The van der Waals surface area contributed by atoms with Gasteiger partial charge in [-0.15, -0.1) is 24.8 Å². The molecule has 0 radical (unpaired) electrons. The van der Waals surface area contributed by atoms with Crippen molar-refractivity contribution >= 4 is 31.0 Å². The van der Waals surface area contributed by atoms with E-state index in [-0.39, 0.29) is 24.8 Å². The second-order valence-electron chi connectivity index (χ2n) is 3.96. The fourth-order valence-electron chi connectivity index (χ4n) is 1.84. The molecule has 0 fully saturated rings. The maximum atomic E-state index is 4.28. The van der Waals surface area contributed by atoms with Crippen LogP contribution in [0.4, 0.5) is 0 Å². The summed E-state index contributed by atoms with van der Waals surface area (Å²) < 4.78 is 0. The molecule has 4 heteroatoms. The second kappa shape index (κ2) is 4.45. The highest BCUT2D eigenvalue weighted by Gasteiger charge is 2.30. The molecule has 1 N–H and O–H groups in total. The van der Waals surface area contributed by atoms with Crippen molar-refractivity contribution < 1.29 is 0 Å². The Morgan fingerprint density at radius 2 is 2.08 bits per heavy atom. The van der Waals surface area contributed by atoms with Gasteiger partial charge < -0.3 is 5.32 Å². The van der Waals surface area contributed by atoms with Gasteiger partial charge in [-0.25, -0.2) is 0 Å². The Hall–Kier alpha value is -0.0500. The Labute approximate surface area is 91.7 Å². The van der Waals surface area contributed by atoms with E-state index in [9.17, 15) is 0 Å². The van der Waals surface area contributed by atoms with Gasteiger partial charge in [-0.3, -0.25) is 4.99 Å². The van der Waals surface area contributed by atoms with Crippen LogP contribution in [0.2, 0.25) is 0 Å². The Bertz CT molecular complexity index is 244. The average Bonchev–Trinajstić information content (AvgIpc) is 2.34. The normalized spacial score (nSPS) is 23.2. The minimum atomic E-state index is 0. The third-order valence-corrected chi connectivity index (χ3v) is 2.58. The van der Waals surface area contributed by atoms with E-state index in [1.807, 2.05) is 6.21 Å². The van der Waals surface area contributed by atoms with Gasteiger partial charge in [0.15, 0.2) is 0 Å². The minimum Gasteiger partial charge on any atom is -0.312 e. The van der Waals surface area contributed by atoms with E-state index in [0.29, 0.717) is 5.41 Å². The van der Waals surface area contributed by atoms with Crippen molar-refractivity contribution in [1.82, 2.24) is 5.32 Å². The van der Waals surface area contributed by atoms with E-state index in [1.165, 1.54) is 11.1 Å². The van der Waals surface area contributed by atoms with Crippen LogP contribution in [-0.4, -0.2) is 25.8 Å². The first kappa shape index (κ1) is 12.9. The average molecular weight is 223 g/mol. The monoisotopic (exact) mass is 222 g/mol. The number of hydrogen-bond acceptors (Lipinski definition) is 2. The predicted molar refractivity (Wildman–Crippen MR) is 61.5 cm³/mol. The Morgan fingerprint density at radius 3 is 2.69 bits per heavy atom. The first-order valence-corrected chi connectivity index (χ1v) is 4.13. The lowest BCUT2D eigenvalue weighted by Gasteiger charge is -2.32. The van der Waals surface area contributed by atoms with E-state index in [1.54, 1.807) is 0 Å². The van der Waals surface area contributed by atoms with Gasteiger partial charge in [0.1, 0.15) is 0 Å². The number of nitrogens with zero attached hydrogens (tertiary/aromatic N) is 1. The molecule has 0 aromatic carbocycles. The highest BCUT2D eigenvalue weighted by Crippen LogP contribution is 2.32. The van der Waals surface area contributed by atoms with Gasteiger partial charge in [-0.1, -0.05) is 13.8 Å². The van der Waals surface area contributed by atoms with Gasteiger partial charge in [0.05, 0.1) is 6.54 Å². The molecule has 2 aliphatic rings. The maximum absolute atomic E-state index is 4.28. The standard InChI is InChI=1S/C9H14N2.2ClH/c1-9(2)6-11-4-7-3-10-5-8(7)9;;/h3,11H,4-6H2,1-2H3;2*1H. The molecule has 2 rings (SSSR count). The summed E-state index contributed by atoms with van der Waals surface area (Å²) in [6, 6.07) is 0. The summed E-state index contributed by atoms with van der Waals surface area (Å²) in [4.78, 5) is 4.28. The molecule has 0 bridgehead atoms. The van der Waals surface area contributed by atoms with Crippen LogP contribution in [-0.2, 0) is 0 Å². The summed E-state index contributed by atoms with van der Waals surface area (Å²) in [5.41, 5.74) is 3.28. The molecule has 0 aliphatic carbocycles. The van der Waals surface area contributed by atoms with Crippen LogP contribution in [0.5, 0.6) is 0 Å². The molecule has 0 amide bonds. The van der Waals surface area contributed by atoms with Gasteiger partial charge in [0, 0.05) is 24.7 Å². The zero-order valence-corrected chi connectivity index (χ0v) is 9.60. The van der Waals surface area contributed by atoms with Gasteiger partial charge in [0.2, 0.25) is 0 Å². The molecule has 0 saturated carbocycles. The highest BCUT2D eigenvalue weighted by molar-refractivity contribution is 5.85. The van der Waals surface area contributed by atoms with E-state index >= 15 is 0 Å². The fourth-order valence-corrected chi connectivity index (χ4v) is 1.84. The van der Waals surface area contributed by atoms with Crippen LogP contribution in [0, 0.1) is 5.41 Å². The molecule has 2 aliphatic heterocycles. The molecule has 0 aromatic heterocycles. The molecule has 2 nitrogen and oxygen atoms in total. The second-order valence-corrected chi connectivity index (χ2v) is 3.96. The number of hydrogen-bond donors (Lipinski definition) is 1. The summed E-state index contributed by atoms with van der Waals surface area (Å²) >= 11 is 0. The number of halogens is 2. The number of rotatable bonds is 0. The quantitative estimate of drug-likeness (QED) is 0.665. The van der Waals surface area contributed by atoms with Crippen LogP contribution in [0.3, 0.4) is 0 Å². The van der Waals surface area contributed by atoms with Gasteiger partial charge in [-0.2, -0.15) is 0 Å². The smallest absolute Gasteiger partial charge is 0.0612 e. The van der Waals surface area contributed by atoms with Gasteiger partial charge in [0.25, 0.3) is 0 Å².